The van der Waals surface area contributed by atoms with Crippen LogP contribution < -0.4 is 16.0 Å². The van der Waals surface area contributed by atoms with Gasteiger partial charge >= 0.3 is 6.03 Å². The van der Waals surface area contributed by atoms with Gasteiger partial charge in [0.15, 0.2) is 0 Å². The van der Waals surface area contributed by atoms with E-state index < -0.39 is 6.03 Å². The van der Waals surface area contributed by atoms with Crippen molar-refractivity contribution in [1.82, 2.24) is 25.5 Å². The average molecular weight is 331 g/mol. The second kappa shape index (κ2) is 7.67. The molecule has 128 valence electrons. The Bertz CT molecular complexity index is 653. The van der Waals surface area contributed by atoms with Crippen LogP contribution in [0.15, 0.2) is 41.5 Å². The summed E-state index contributed by atoms with van der Waals surface area (Å²) in [5.41, 5.74) is 0. The molecule has 1 saturated carbocycles. The van der Waals surface area contributed by atoms with E-state index in [1.807, 2.05) is 10.8 Å². The molecule has 24 heavy (non-hydrogen) atoms. The molecule has 0 aliphatic heterocycles. The van der Waals surface area contributed by atoms with E-state index in [-0.39, 0.29) is 31.1 Å². The van der Waals surface area contributed by atoms with Gasteiger partial charge in [0.2, 0.25) is 5.91 Å². The molecule has 0 aromatic carbocycles. The van der Waals surface area contributed by atoms with E-state index in [4.69, 9.17) is 4.42 Å². The summed E-state index contributed by atoms with van der Waals surface area (Å²) < 4.78 is 7.15. The number of imidazole rings is 1. The molecule has 0 saturated heterocycles. The molecule has 0 unspecified atom stereocenters. The Balaban J connectivity index is 1.39. The molecule has 3 amide bonds. The fourth-order valence-electron chi connectivity index (χ4n) is 2.99. The van der Waals surface area contributed by atoms with Gasteiger partial charge in [0.25, 0.3) is 0 Å². The predicted molar refractivity (Wildman–Crippen MR) is 86.0 cm³/mol. The van der Waals surface area contributed by atoms with Crippen molar-refractivity contribution in [3.8, 4) is 0 Å². The molecular formula is C16H21N5O3. The van der Waals surface area contributed by atoms with Crippen molar-refractivity contribution >= 4 is 11.9 Å². The summed E-state index contributed by atoms with van der Waals surface area (Å²) in [6.45, 7) is 0.225. The summed E-state index contributed by atoms with van der Waals surface area (Å²) in [6, 6.07) is 3.41. The van der Waals surface area contributed by atoms with Crippen molar-refractivity contribution in [2.45, 2.75) is 37.9 Å². The number of hydrogen-bond acceptors (Lipinski definition) is 4. The Labute approximate surface area is 139 Å². The van der Waals surface area contributed by atoms with Crippen LogP contribution >= 0.6 is 0 Å². The smallest absolute Gasteiger partial charge is 0.315 e. The molecule has 2 atom stereocenters. The molecule has 0 radical (unpaired) electrons. The summed E-state index contributed by atoms with van der Waals surface area (Å²) in [7, 11) is 0. The topological polar surface area (TPSA) is 101 Å². The summed E-state index contributed by atoms with van der Waals surface area (Å²) in [5.74, 6) is 0.462. The maximum absolute atomic E-state index is 12.1. The SMILES string of the molecule is O=C(CNC(=O)NCc1ccco1)N[C@@H]1CCC[C@@H]1n1ccnc1. The molecule has 2 aromatic rings. The van der Waals surface area contributed by atoms with Crippen LogP contribution in [-0.2, 0) is 11.3 Å². The van der Waals surface area contributed by atoms with Crippen LogP contribution in [0.3, 0.4) is 0 Å². The van der Waals surface area contributed by atoms with E-state index in [1.165, 1.54) is 0 Å². The first kappa shape index (κ1) is 16.1. The molecule has 3 N–H and O–H groups in total. The summed E-state index contributed by atoms with van der Waals surface area (Å²) >= 11 is 0. The van der Waals surface area contributed by atoms with Crippen LogP contribution in [0.4, 0.5) is 4.79 Å². The van der Waals surface area contributed by atoms with E-state index in [0.717, 1.165) is 19.3 Å². The highest BCUT2D eigenvalue weighted by atomic mass is 16.3. The molecular weight excluding hydrogens is 310 g/mol. The number of amides is 3. The Morgan fingerprint density at radius 2 is 2.25 bits per heavy atom. The number of urea groups is 1. The second-order valence-electron chi connectivity index (χ2n) is 5.80. The molecule has 0 spiro atoms. The Hall–Kier alpha value is -2.77. The van der Waals surface area contributed by atoms with Crippen molar-refractivity contribution in [1.29, 1.82) is 0 Å². The fraction of sp³-hybridized carbons (Fsp3) is 0.438. The minimum Gasteiger partial charge on any atom is -0.467 e. The number of carbonyl (C=O) groups excluding carboxylic acids is 2. The molecule has 2 heterocycles. The molecule has 1 fully saturated rings. The molecule has 1 aliphatic carbocycles. The molecule has 0 bridgehead atoms. The van der Waals surface area contributed by atoms with Gasteiger partial charge in [-0.2, -0.15) is 0 Å². The number of nitrogens with one attached hydrogen (secondary N) is 3. The minimum absolute atomic E-state index is 0.0584. The van der Waals surface area contributed by atoms with Crippen LogP contribution in [0.2, 0.25) is 0 Å². The number of aromatic nitrogens is 2. The number of carbonyl (C=O) groups is 2. The van der Waals surface area contributed by atoms with Crippen LogP contribution in [0.1, 0.15) is 31.1 Å². The van der Waals surface area contributed by atoms with Gasteiger partial charge in [-0.15, -0.1) is 0 Å². The van der Waals surface area contributed by atoms with Crippen molar-refractivity contribution < 1.29 is 14.0 Å². The van der Waals surface area contributed by atoms with Crippen LogP contribution in [0, 0.1) is 0 Å². The fourth-order valence-corrected chi connectivity index (χ4v) is 2.99. The zero-order chi connectivity index (χ0) is 16.8. The standard InChI is InChI=1S/C16H21N5O3/c22-15(10-19-16(23)18-9-12-3-2-8-24-12)20-13-4-1-5-14(13)21-7-6-17-11-21/h2-3,6-8,11,13-14H,1,4-5,9-10H2,(H,20,22)(H2,18,19,23)/t13-,14+/m1/s1. The highest BCUT2D eigenvalue weighted by Crippen LogP contribution is 2.29. The van der Waals surface area contributed by atoms with Gasteiger partial charge in [-0.1, -0.05) is 0 Å². The van der Waals surface area contributed by atoms with Crippen LogP contribution in [-0.4, -0.2) is 34.1 Å². The monoisotopic (exact) mass is 331 g/mol. The van der Waals surface area contributed by atoms with Gasteiger partial charge in [-0.25, -0.2) is 9.78 Å². The van der Waals surface area contributed by atoms with Crippen molar-refractivity contribution in [2.24, 2.45) is 0 Å². The van der Waals surface area contributed by atoms with E-state index in [1.54, 1.807) is 30.9 Å². The van der Waals surface area contributed by atoms with E-state index >= 15 is 0 Å². The lowest BCUT2D eigenvalue weighted by molar-refractivity contribution is -0.121. The number of furan rings is 1. The number of rotatable bonds is 6. The van der Waals surface area contributed by atoms with E-state index in [0.29, 0.717) is 5.76 Å². The van der Waals surface area contributed by atoms with Crippen LogP contribution in [0.25, 0.3) is 0 Å². The Kier molecular flexibility index (Phi) is 5.15. The lowest BCUT2D eigenvalue weighted by Gasteiger charge is -2.22. The third-order valence-electron chi connectivity index (χ3n) is 4.15. The largest absolute Gasteiger partial charge is 0.467 e. The lowest BCUT2D eigenvalue weighted by atomic mass is 10.1. The van der Waals surface area contributed by atoms with Gasteiger partial charge in [-0.05, 0) is 31.4 Å². The molecule has 1 aliphatic rings. The summed E-state index contributed by atoms with van der Waals surface area (Å²) in [6.07, 6.45) is 9.97. The number of hydrogen-bond donors (Lipinski definition) is 3. The predicted octanol–water partition coefficient (Wildman–Crippen LogP) is 1.19. The molecule has 8 heteroatoms. The molecule has 8 nitrogen and oxygen atoms in total. The maximum Gasteiger partial charge on any atom is 0.315 e. The van der Waals surface area contributed by atoms with Gasteiger partial charge in [0.05, 0.1) is 31.7 Å². The van der Waals surface area contributed by atoms with Crippen molar-refractivity contribution in [3.63, 3.8) is 0 Å². The van der Waals surface area contributed by atoms with Gasteiger partial charge in [0.1, 0.15) is 5.76 Å². The first-order valence-corrected chi connectivity index (χ1v) is 8.03. The lowest BCUT2D eigenvalue weighted by Crippen LogP contribution is -2.45. The van der Waals surface area contributed by atoms with Gasteiger partial charge < -0.3 is 24.9 Å². The molecule has 3 rings (SSSR count). The maximum atomic E-state index is 12.1. The van der Waals surface area contributed by atoms with Crippen LogP contribution in [0.5, 0.6) is 0 Å². The quantitative estimate of drug-likeness (QED) is 0.740. The second-order valence-corrected chi connectivity index (χ2v) is 5.80. The third kappa shape index (κ3) is 4.15. The highest BCUT2D eigenvalue weighted by molar-refractivity contribution is 5.84. The normalized spacial score (nSPS) is 19.8. The minimum atomic E-state index is -0.404. The summed E-state index contributed by atoms with van der Waals surface area (Å²) in [4.78, 5) is 27.8. The van der Waals surface area contributed by atoms with Crippen molar-refractivity contribution in [3.05, 3.63) is 42.9 Å². The van der Waals surface area contributed by atoms with E-state index in [9.17, 15) is 9.59 Å². The average Bonchev–Trinajstić information content (AvgIpc) is 3.31. The first-order valence-electron chi connectivity index (χ1n) is 8.03. The van der Waals surface area contributed by atoms with E-state index in [2.05, 4.69) is 20.9 Å². The first-order chi connectivity index (χ1) is 11.7. The molecule has 2 aromatic heterocycles. The third-order valence-corrected chi connectivity index (χ3v) is 4.15. The Morgan fingerprint density at radius 1 is 1.33 bits per heavy atom. The van der Waals surface area contributed by atoms with Gasteiger partial charge in [0, 0.05) is 18.4 Å². The Morgan fingerprint density at radius 3 is 3.00 bits per heavy atom. The van der Waals surface area contributed by atoms with Crippen molar-refractivity contribution in [2.75, 3.05) is 6.54 Å². The number of nitrogens with zero attached hydrogens (tertiary/aromatic N) is 2. The highest BCUT2D eigenvalue weighted by Gasteiger charge is 2.29. The zero-order valence-corrected chi connectivity index (χ0v) is 13.3. The van der Waals surface area contributed by atoms with Gasteiger partial charge in [-0.3, -0.25) is 4.79 Å². The summed E-state index contributed by atoms with van der Waals surface area (Å²) in [5, 5.41) is 8.17. The zero-order valence-electron chi connectivity index (χ0n) is 13.3.